The van der Waals surface area contributed by atoms with Gasteiger partial charge >= 0.3 is 0 Å². The lowest BCUT2D eigenvalue weighted by Crippen LogP contribution is -2.27. The molecule has 0 unspecified atom stereocenters. The number of para-hydroxylation sites is 1. The largest absolute Gasteiger partial charge is 0.497 e. The van der Waals surface area contributed by atoms with E-state index in [1.165, 1.54) is 11.8 Å². The lowest BCUT2D eigenvalue weighted by Gasteiger charge is -2.17. The zero-order chi connectivity index (χ0) is 21.6. The zero-order valence-electron chi connectivity index (χ0n) is 17.3. The Hall–Kier alpha value is -3.10. The van der Waals surface area contributed by atoms with Crippen molar-refractivity contribution in [1.82, 2.24) is 19.7 Å². The molecule has 4 rings (SSSR count). The molecule has 2 heterocycles. The number of thiophene rings is 1. The Kier molecular flexibility index (Phi) is 6.69. The smallest absolute Gasteiger partial charge is 0.233 e. The Balaban J connectivity index is 1.48. The van der Waals surface area contributed by atoms with Crippen molar-refractivity contribution in [2.75, 3.05) is 19.9 Å². The van der Waals surface area contributed by atoms with Gasteiger partial charge in [0.1, 0.15) is 5.75 Å². The minimum absolute atomic E-state index is 0.0288. The number of methoxy groups -OCH3 is 1. The molecular weight excluding hydrogens is 428 g/mol. The fraction of sp³-hybridized carbons (Fsp3) is 0.174. The summed E-state index contributed by atoms with van der Waals surface area (Å²) in [5.74, 6) is 1.89. The van der Waals surface area contributed by atoms with E-state index in [1.807, 2.05) is 83.7 Å². The Labute approximate surface area is 189 Å². The summed E-state index contributed by atoms with van der Waals surface area (Å²) in [4.78, 5) is 15.5. The van der Waals surface area contributed by atoms with Crippen molar-refractivity contribution in [1.29, 1.82) is 0 Å². The van der Waals surface area contributed by atoms with Crippen molar-refractivity contribution in [2.24, 2.45) is 0 Å². The molecule has 0 aliphatic carbocycles. The van der Waals surface area contributed by atoms with E-state index in [-0.39, 0.29) is 11.7 Å². The summed E-state index contributed by atoms with van der Waals surface area (Å²) >= 11 is 3.01. The average molecular weight is 451 g/mol. The molecule has 0 atom stereocenters. The molecule has 0 aliphatic rings. The molecule has 1 amide bonds. The predicted octanol–water partition coefficient (Wildman–Crippen LogP) is 4.76. The number of hydrogen-bond donors (Lipinski definition) is 0. The van der Waals surface area contributed by atoms with Crippen molar-refractivity contribution >= 4 is 29.0 Å². The van der Waals surface area contributed by atoms with Gasteiger partial charge in [-0.25, -0.2) is 0 Å². The van der Waals surface area contributed by atoms with E-state index in [1.54, 1.807) is 23.3 Å². The van der Waals surface area contributed by atoms with Gasteiger partial charge in [0, 0.05) is 19.3 Å². The summed E-state index contributed by atoms with van der Waals surface area (Å²) in [6.45, 7) is 0.537. The minimum Gasteiger partial charge on any atom is -0.497 e. The van der Waals surface area contributed by atoms with Crippen molar-refractivity contribution in [3.8, 4) is 22.1 Å². The van der Waals surface area contributed by atoms with Crippen LogP contribution in [0.25, 0.3) is 16.4 Å². The van der Waals surface area contributed by atoms with E-state index in [9.17, 15) is 4.79 Å². The number of rotatable bonds is 8. The molecule has 31 heavy (non-hydrogen) atoms. The molecule has 4 aromatic rings. The third kappa shape index (κ3) is 4.98. The Morgan fingerprint density at radius 1 is 1.06 bits per heavy atom. The number of amides is 1. The molecule has 158 valence electrons. The number of carbonyl (C=O) groups excluding carboxylic acids is 1. The fourth-order valence-corrected chi connectivity index (χ4v) is 4.66. The summed E-state index contributed by atoms with van der Waals surface area (Å²) < 4.78 is 7.19. The highest BCUT2D eigenvalue weighted by atomic mass is 32.2. The zero-order valence-corrected chi connectivity index (χ0v) is 18.9. The highest BCUT2D eigenvalue weighted by Gasteiger charge is 2.19. The molecule has 6 nitrogen and oxygen atoms in total. The Morgan fingerprint density at radius 3 is 2.52 bits per heavy atom. The number of benzene rings is 2. The van der Waals surface area contributed by atoms with Gasteiger partial charge in [-0.05, 0) is 41.3 Å². The summed E-state index contributed by atoms with van der Waals surface area (Å²) in [5, 5.41) is 11.5. The summed E-state index contributed by atoms with van der Waals surface area (Å²) in [5.41, 5.74) is 2.02. The third-order valence-electron chi connectivity index (χ3n) is 4.72. The quantitative estimate of drug-likeness (QED) is 0.363. The van der Waals surface area contributed by atoms with Crippen LogP contribution >= 0.6 is 23.1 Å². The number of thioether (sulfide) groups is 1. The fourth-order valence-electron chi connectivity index (χ4n) is 3.07. The van der Waals surface area contributed by atoms with Crippen LogP contribution in [0.3, 0.4) is 0 Å². The summed E-state index contributed by atoms with van der Waals surface area (Å²) in [7, 11) is 3.45. The van der Waals surface area contributed by atoms with Crippen molar-refractivity contribution < 1.29 is 9.53 Å². The van der Waals surface area contributed by atoms with E-state index in [0.29, 0.717) is 11.7 Å². The normalized spacial score (nSPS) is 10.8. The van der Waals surface area contributed by atoms with E-state index >= 15 is 0 Å². The van der Waals surface area contributed by atoms with Gasteiger partial charge in [-0.3, -0.25) is 9.36 Å². The van der Waals surface area contributed by atoms with Gasteiger partial charge in [0.25, 0.3) is 0 Å². The van der Waals surface area contributed by atoms with E-state index < -0.39 is 0 Å². The van der Waals surface area contributed by atoms with Gasteiger partial charge in [-0.1, -0.05) is 48.2 Å². The van der Waals surface area contributed by atoms with Gasteiger partial charge in [-0.2, -0.15) is 0 Å². The van der Waals surface area contributed by atoms with Crippen molar-refractivity contribution in [3.63, 3.8) is 0 Å². The SMILES string of the molecule is COc1ccc(CN(C)C(=O)CSc2nnc(-c3cccs3)n2-c2ccccc2)cc1. The molecule has 0 saturated carbocycles. The lowest BCUT2D eigenvalue weighted by molar-refractivity contribution is -0.127. The van der Waals surface area contributed by atoms with Crippen LogP contribution < -0.4 is 4.74 Å². The van der Waals surface area contributed by atoms with Crippen LogP contribution in [0.5, 0.6) is 5.75 Å². The van der Waals surface area contributed by atoms with Crippen LogP contribution in [-0.2, 0) is 11.3 Å². The van der Waals surface area contributed by atoms with Crippen LogP contribution in [0.15, 0.2) is 77.3 Å². The molecule has 0 aliphatic heterocycles. The van der Waals surface area contributed by atoms with Gasteiger partial charge in [0.2, 0.25) is 5.91 Å². The molecule has 8 heteroatoms. The second-order valence-electron chi connectivity index (χ2n) is 6.84. The second kappa shape index (κ2) is 9.80. The molecular formula is C23H22N4O2S2. The predicted molar refractivity (Wildman–Crippen MR) is 125 cm³/mol. The molecule has 0 spiro atoms. The number of hydrogen-bond acceptors (Lipinski definition) is 6. The molecule has 0 saturated heterocycles. The summed E-state index contributed by atoms with van der Waals surface area (Å²) in [6, 6.07) is 21.7. The van der Waals surface area contributed by atoms with Crippen LogP contribution in [0.2, 0.25) is 0 Å². The molecule has 0 bridgehead atoms. The highest BCUT2D eigenvalue weighted by Crippen LogP contribution is 2.30. The Bertz CT molecular complexity index is 1130. The first-order valence-electron chi connectivity index (χ1n) is 9.70. The Morgan fingerprint density at radius 2 is 1.84 bits per heavy atom. The van der Waals surface area contributed by atoms with E-state index in [0.717, 1.165) is 27.7 Å². The number of carbonyl (C=O) groups is 1. The van der Waals surface area contributed by atoms with E-state index in [4.69, 9.17) is 4.74 Å². The topological polar surface area (TPSA) is 60.2 Å². The van der Waals surface area contributed by atoms with Crippen LogP contribution in [0.4, 0.5) is 0 Å². The maximum atomic E-state index is 12.8. The standard InChI is InChI=1S/C23H22N4O2S2/c1-26(15-17-10-12-19(29-2)13-11-17)21(28)16-31-23-25-24-22(20-9-6-14-30-20)27(23)18-7-4-3-5-8-18/h3-14H,15-16H2,1-2H3. The molecule has 0 radical (unpaired) electrons. The highest BCUT2D eigenvalue weighted by molar-refractivity contribution is 7.99. The molecule has 0 fully saturated rings. The monoisotopic (exact) mass is 450 g/mol. The van der Waals surface area contributed by atoms with Gasteiger partial charge in [0.15, 0.2) is 11.0 Å². The number of ether oxygens (including phenoxy) is 1. The third-order valence-corrected chi connectivity index (χ3v) is 6.50. The lowest BCUT2D eigenvalue weighted by atomic mass is 10.2. The molecule has 0 N–H and O–H groups in total. The van der Waals surface area contributed by atoms with Crippen molar-refractivity contribution in [2.45, 2.75) is 11.7 Å². The van der Waals surface area contributed by atoms with Crippen LogP contribution in [0.1, 0.15) is 5.56 Å². The summed E-state index contributed by atoms with van der Waals surface area (Å²) in [6.07, 6.45) is 0. The number of aromatic nitrogens is 3. The van der Waals surface area contributed by atoms with E-state index in [2.05, 4.69) is 10.2 Å². The number of nitrogens with zero attached hydrogens (tertiary/aromatic N) is 4. The van der Waals surface area contributed by atoms with Crippen LogP contribution in [-0.4, -0.2) is 45.5 Å². The minimum atomic E-state index is 0.0288. The van der Waals surface area contributed by atoms with Crippen LogP contribution in [0, 0.1) is 0 Å². The molecule has 2 aromatic heterocycles. The maximum absolute atomic E-state index is 12.8. The second-order valence-corrected chi connectivity index (χ2v) is 8.73. The van der Waals surface area contributed by atoms with Crippen molar-refractivity contribution in [3.05, 3.63) is 77.7 Å². The van der Waals surface area contributed by atoms with Gasteiger partial charge in [-0.15, -0.1) is 21.5 Å². The van der Waals surface area contributed by atoms with Gasteiger partial charge in [0.05, 0.1) is 17.7 Å². The first-order chi connectivity index (χ1) is 15.2. The van der Waals surface area contributed by atoms with Gasteiger partial charge < -0.3 is 9.64 Å². The molecule has 2 aromatic carbocycles. The first kappa shape index (κ1) is 21.1. The average Bonchev–Trinajstić information content (AvgIpc) is 3.48. The maximum Gasteiger partial charge on any atom is 0.233 e. The first-order valence-corrected chi connectivity index (χ1v) is 11.6.